The first-order chi connectivity index (χ1) is 10.3. The van der Waals surface area contributed by atoms with Gasteiger partial charge in [0, 0.05) is 6.54 Å². The quantitative estimate of drug-likeness (QED) is 0.728. The van der Waals surface area contributed by atoms with Gasteiger partial charge in [-0.15, -0.1) is 0 Å². The molecule has 0 unspecified atom stereocenters. The predicted molar refractivity (Wildman–Crippen MR) is 88.6 cm³/mol. The molecule has 0 heterocycles. The van der Waals surface area contributed by atoms with Gasteiger partial charge in [0.2, 0.25) is 0 Å². The van der Waals surface area contributed by atoms with E-state index in [-0.39, 0.29) is 0 Å². The van der Waals surface area contributed by atoms with Gasteiger partial charge in [0.1, 0.15) is 12.4 Å². The van der Waals surface area contributed by atoms with Crippen molar-refractivity contribution in [2.45, 2.75) is 39.8 Å². The summed E-state index contributed by atoms with van der Waals surface area (Å²) >= 11 is 0. The zero-order valence-corrected chi connectivity index (χ0v) is 13.1. The Morgan fingerprint density at radius 2 is 1.67 bits per heavy atom. The third kappa shape index (κ3) is 5.24. The highest BCUT2D eigenvalue weighted by atomic mass is 16.5. The molecular weight excluding hydrogens is 258 g/mol. The fraction of sp³-hybridized carbons (Fsp3) is 0.368. The maximum Gasteiger partial charge on any atom is 0.119 e. The molecule has 0 aliphatic rings. The van der Waals surface area contributed by atoms with Gasteiger partial charge in [0.15, 0.2) is 0 Å². The van der Waals surface area contributed by atoms with Crippen molar-refractivity contribution < 1.29 is 4.74 Å². The molecule has 0 radical (unpaired) electrons. The molecule has 2 heteroatoms. The molecule has 1 N–H and O–H groups in total. The third-order valence-electron chi connectivity index (χ3n) is 3.48. The lowest BCUT2D eigenvalue weighted by Gasteiger charge is -2.09. The molecule has 112 valence electrons. The van der Waals surface area contributed by atoms with Crippen molar-refractivity contribution in [3.05, 3.63) is 65.2 Å². The van der Waals surface area contributed by atoms with Crippen LogP contribution >= 0.6 is 0 Å². The van der Waals surface area contributed by atoms with Crippen LogP contribution in [-0.2, 0) is 19.6 Å². The fourth-order valence-electron chi connectivity index (χ4n) is 2.23. The van der Waals surface area contributed by atoms with E-state index in [1.54, 1.807) is 0 Å². The van der Waals surface area contributed by atoms with Gasteiger partial charge < -0.3 is 10.1 Å². The van der Waals surface area contributed by atoms with Crippen molar-refractivity contribution in [3.63, 3.8) is 0 Å². The SMILES string of the molecule is CCCNCc1cccc(COc2ccc(CC)cc2)c1. The standard InChI is InChI=1S/C19H25NO/c1-3-12-20-14-17-6-5-7-18(13-17)15-21-19-10-8-16(4-2)9-11-19/h5-11,13,20H,3-4,12,14-15H2,1-2H3. The van der Waals surface area contributed by atoms with E-state index in [4.69, 9.17) is 4.74 Å². The summed E-state index contributed by atoms with van der Waals surface area (Å²) in [5.41, 5.74) is 3.86. The predicted octanol–water partition coefficient (Wildman–Crippen LogP) is 4.33. The van der Waals surface area contributed by atoms with E-state index in [9.17, 15) is 0 Å². The van der Waals surface area contributed by atoms with Crippen LogP contribution in [0.3, 0.4) is 0 Å². The molecule has 0 amide bonds. The number of benzene rings is 2. The van der Waals surface area contributed by atoms with Crippen LogP contribution < -0.4 is 10.1 Å². The van der Waals surface area contributed by atoms with Crippen molar-refractivity contribution in [3.8, 4) is 5.75 Å². The van der Waals surface area contributed by atoms with Crippen LogP contribution in [0.1, 0.15) is 37.0 Å². The molecule has 0 fully saturated rings. The van der Waals surface area contributed by atoms with Gasteiger partial charge in [0.25, 0.3) is 0 Å². The van der Waals surface area contributed by atoms with Gasteiger partial charge in [0.05, 0.1) is 0 Å². The van der Waals surface area contributed by atoms with Gasteiger partial charge >= 0.3 is 0 Å². The second kappa shape index (κ2) is 8.48. The molecule has 0 saturated heterocycles. The van der Waals surface area contributed by atoms with Crippen molar-refractivity contribution in [2.75, 3.05) is 6.54 Å². The summed E-state index contributed by atoms with van der Waals surface area (Å²) < 4.78 is 5.85. The van der Waals surface area contributed by atoms with Crippen LogP contribution in [0.5, 0.6) is 5.75 Å². The zero-order valence-electron chi connectivity index (χ0n) is 13.1. The second-order valence-electron chi connectivity index (χ2n) is 5.28. The molecular formula is C19H25NO. The Kier molecular flexibility index (Phi) is 6.29. The van der Waals surface area contributed by atoms with Crippen molar-refractivity contribution >= 4 is 0 Å². The Bertz CT molecular complexity index is 534. The summed E-state index contributed by atoms with van der Waals surface area (Å²) in [5, 5.41) is 3.42. The van der Waals surface area contributed by atoms with E-state index < -0.39 is 0 Å². The highest BCUT2D eigenvalue weighted by Gasteiger charge is 1.99. The average molecular weight is 283 g/mol. The number of ether oxygens (including phenoxy) is 1. The lowest BCUT2D eigenvalue weighted by molar-refractivity contribution is 0.306. The lowest BCUT2D eigenvalue weighted by Crippen LogP contribution is -2.13. The van der Waals surface area contributed by atoms with Gasteiger partial charge in [-0.1, -0.05) is 50.2 Å². The molecule has 0 aromatic heterocycles. The highest BCUT2D eigenvalue weighted by Crippen LogP contribution is 2.15. The monoisotopic (exact) mass is 283 g/mol. The first-order valence-corrected chi connectivity index (χ1v) is 7.82. The van der Waals surface area contributed by atoms with Crippen molar-refractivity contribution in [1.29, 1.82) is 0 Å². The Morgan fingerprint density at radius 1 is 0.905 bits per heavy atom. The van der Waals surface area contributed by atoms with E-state index in [1.807, 2.05) is 12.1 Å². The maximum atomic E-state index is 5.85. The normalized spacial score (nSPS) is 10.6. The molecule has 0 saturated carbocycles. The molecule has 0 atom stereocenters. The zero-order chi connectivity index (χ0) is 14.9. The van der Waals surface area contributed by atoms with Gasteiger partial charge in [-0.2, -0.15) is 0 Å². The summed E-state index contributed by atoms with van der Waals surface area (Å²) in [6.45, 7) is 6.94. The summed E-state index contributed by atoms with van der Waals surface area (Å²) in [6.07, 6.45) is 2.23. The Balaban J connectivity index is 1.88. The summed E-state index contributed by atoms with van der Waals surface area (Å²) in [5.74, 6) is 0.932. The van der Waals surface area contributed by atoms with E-state index in [0.29, 0.717) is 6.61 Å². The number of nitrogens with one attached hydrogen (secondary N) is 1. The van der Waals surface area contributed by atoms with Gasteiger partial charge in [-0.05, 0) is 48.2 Å². The summed E-state index contributed by atoms with van der Waals surface area (Å²) in [4.78, 5) is 0. The van der Waals surface area contributed by atoms with E-state index in [2.05, 4.69) is 55.6 Å². The molecule has 21 heavy (non-hydrogen) atoms. The van der Waals surface area contributed by atoms with Crippen LogP contribution in [0, 0.1) is 0 Å². The summed E-state index contributed by atoms with van der Waals surface area (Å²) in [6, 6.07) is 16.9. The van der Waals surface area contributed by atoms with Gasteiger partial charge in [-0.3, -0.25) is 0 Å². The third-order valence-corrected chi connectivity index (χ3v) is 3.48. The minimum Gasteiger partial charge on any atom is -0.489 e. The number of hydrogen-bond acceptors (Lipinski definition) is 2. The van der Waals surface area contributed by atoms with E-state index in [1.165, 1.54) is 16.7 Å². The fourth-order valence-corrected chi connectivity index (χ4v) is 2.23. The van der Waals surface area contributed by atoms with E-state index in [0.717, 1.165) is 31.7 Å². The number of hydrogen-bond donors (Lipinski definition) is 1. The molecule has 2 aromatic rings. The average Bonchev–Trinajstić information content (AvgIpc) is 2.54. The van der Waals surface area contributed by atoms with E-state index >= 15 is 0 Å². The number of aryl methyl sites for hydroxylation is 1. The topological polar surface area (TPSA) is 21.3 Å². The van der Waals surface area contributed by atoms with Crippen molar-refractivity contribution in [2.24, 2.45) is 0 Å². The smallest absolute Gasteiger partial charge is 0.119 e. The molecule has 0 spiro atoms. The van der Waals surface area contributed by atoms with Crippen LogP contribution in [0.25, 0.3) is 0 Å². The van der Waals surface area contributed by atoms with Crippen molar-refractivity contribution in [1.82, 2.24) is 5.32 Å². The Morgan fingerprint density at radius 3 is 2.38 bits per heavy atom. The molecule has 0 aliphatic heterocycles. The summed E-state index contributed by atoms with van der Waals surface area (Å²) in [7, 11) is 0. The second-order valence-corrected chi connectivity index (χ2v) is 5.28. The lowest BCUT2D eigenvalue weighted by atomic mass is 10.1. The molecule has 0 bridgehead atoms. The van der Waals surface area contributed by atoms with Gasteiger partial charge in [-0.25, -0.2) is 0 Å². The highest BCUT2D eigenvalue weighted by molar-refractivity contribution is 5.28. The molecule has 2 aromatic carbocycles. The molecule has 2 nitrogen and oxygen atoms in total. The minimum absolute atomic E-state index is 0.618. The van der Waals surface area contributed by atoms with Crippen LogP contribution in [0.2, 0.25) is 0 Å². The largest absolute Gasteiger partial charge is 0.489 e. The molecule has 0 aliphatic carbocycles. The van der Waals surface area contributed by atoms with Crippen LogP contribution in [-0.4, -0.2) is 6.54 Å². The maximum absolute atomic E-state index is 5.85. The first-order valence-electron chi connectivity index (χ1n) is 7.82. The Hall–Kier alpha value is -1.80. The first kappa shape index (κ1) is 15.6. The van der Waals surface area contributed by atoms with Crippen LogP contribution in [0.15, 0.2) is 48.5 Å². The minimum atomic E-state index is 0.618. The molecule has 2 rings (SSSR count). The Labute approximate surface area is 128 Å². The van der Waals surface area contributed by atoms with Crippen LogP contribution in [0.4, 0.5) is 0 Å². The number of rotatable bonds is 8.